The van der Waals surface area contributed by atoms with Crippen molar-refractivity contribution in [1.29, 1.82) is 0 Å². The number of carbonyl (C=O) groups excluding carboxylic acids is 3. The number of nitrogens with zero attached hydrogens (tertiary/aromatic N) is 2. The van der Waals surface area contributed by atoms with Crippen LogP contribution >= 0.6 is 0 Å². The van der Waals surface area contributed by atoms with E-state index in [4.69, 9.17) is 0 Å². The summed E-state index contributed by atoms with van der Waals surface area (Å²) in [6.45, 7) is 1.74. The van der Waals surface area contributed by atoms with Gasteiger partial charge in [-0.3, -0.25) is 29.4 Å². The second-order valence-corrected chi connectivity index (χ2v) is 8.27. The van der Waals surface area contributed by atoms with Crippen molar-refractivity contribution >= 4 is 34.8 Å². The number of anilines is 2. The van der Waals surface area contributed by atoms with Gasteiger partial charge in [0.05, 0.1) is 28.1 Å². The highest BCUT2D eigenvalue weighted by atomic mass is 16.6. The molecule has 0 spiro atoms. The number of aryl methyl sites for hydroxylation is 1. The van der Waals surface area contributed by atoms with Gasteiger partial charge in [-0.15, -0.1) is 0 Å². The van der Waals surface area contributed by atoms with Gasteiger partial charge in [0.15, 0.2) is 0 Å². The number of non-ortho nitro benzene ring substituents is 1. The van der Waals surface area contributed by atoms with Gasteiger partial charge >= 0.3 is 0 Å². The SMILES string of the molecule is Cc1ccc([N+](=O)[O-])cc1NC(=O)c1ccc(N2C(=O)[C@@H]3[C@@H](C2=O)[C@H]2C=C[C@H]3C2)cc1. The number of imide groups is 1. The number of fused-ring (bicyclic) bond motifs is 5. The summed E-state index contributed by atoms with van der Waals surface area (Å²) < 4.78 is 0. The van der Waals surface area contributed by atoms with E-state index >= 15 is 0 Å². The Hall–Kier alpha value is -3.81. The molecule has 8 heteroatoms. The molecule has 1 N–H and O–H groups in total. The molecule has 31 heavy (non-hydrogen) atoms. The summed E-state index contributed by atoms with van der Waals surface area (Å²) >= 11 is 0. The minimum Gasteiger partial charge on any atom is -0.321 e. The maximum atomic E-state index is 12.9. The van der Waals surface area contributed by atoms with Crippen molar-refractivity contribution in [3.05, 3.63) is 75.9 Å². The Morgan fingerprint density at radius 3 is 2.23 bits per heavy atom. The highest BCUT2D eigenvalue weighted by Gasteiger charge is 2.59. The van der Waals surface area contributed by atoms with Gasteiger partial charge in [0.25, 0.3) is 11.6 Å². The van der Waals surface area contributed by atoms with Gasteiger partial charge in [0.1, 0.15) is 0 Å². The van der Waals surface area contributed by atoms with Crippen LogP contribution in [0, 0.1) is 40.7 Å². The first kappa shape index (κ1) is 19.2. The minimum absolute atomic E-state index is 0.115. The predicted octanol–water partition coefficient (Wildman–Crippen LogP) is 3.47. The highest BCUT2D eigenvalue weighted by Crippen LogP contribution is 2.53. The maximum Gasteiger partial charge on any atom is 0.271 e. The van der Waals surface area contributed by atoms with E-state index in [0.29, 0.717) is 22.5 Å². The lowest BCUT2D eigenvalue weighted by Crippen LogP contribution is -2.32. The summed E-state index contributed by atoms with van der Waals surface area (Å²) in [7, 11) is 0. The zero-order valence-electron chi connectivity index (χ0n) is 16.6. The van der Waals surface area contributed by atoms with Crippen LogP contribution in [0.2, 0.25) is 0 Å². The highest BCUT2D eigenvalue weighted by molar-refractivity contribution is 6.23. The molecule has 2 aliphatic carbocycles. The number of carbonyl (C=O) groups is 3. The number of rotatable bonds is 4. The molecule has 4 atom stereocenters. The summed E-state index contributed by atoms with van der Waals surface area (Å²) in [4.78, 5) is 50.1. The van der Waals surface area contributed by atoms with Crippen LogP contribution in [-0.4, -0.2) is 22.6 Å². The lowest BCUT2D eigenvalue weighted by Gasteiger charge is -2.17. The number of hydrogen-bond donors (Lipinski definition) is 1. The van der Waals surface area contributed by atoms with E-state index in [1.54, 1.807) is 37.3 Å². The number of nitrogens with one attached hydrogen (secondary N) is 1. The van der Waals surface area contributed by atoms with Gasteiger partial charge in [-0.05, 0) is 55.0 Å². The molecule has 0 radical (unpaired) electrons. The van der Waals surface area contributed by atoms with E-state index in [1.165, 1.54) is 17.0 Å². The molecule has 1 aliphatic heterocycles. The molecule has 1 saturated heterocycles. The zero-order chi connectivity index (χ0) is 21.9. The zero-order valence-corrected chi connectivity index (χ0v) is 16.6. The summed E-state index contributed by atoms with van der Waals surface area (Å²) in [5.41, 5.74) is 1.70. The lowest BCUT2D eigenvalue weighted by molar-refractivity contribution is -0.384. The maximum absolute atomic E-state index is 12.9. The summed E-state index contributed by atoms with van der Waals surface area (Å²) in [6.07, 6.45) is 4.96. The molecular weight excluding hydrogens is 398 g/mol. The number of amides is 3. The van der Waals surface area contributed by atoms with Crippen LogP contribution < -0.4 is 10.2 Å². The lowest BCUT2D eigenvalue weighted by atomic mass is 9.85. The number of nitro benzene ring substituents is 1. The molecule has 1 heterocycles. The van der Waals surface area contributed by atoms with Crippen molar-refractivity contribution < 1.29 is 19.3 Å². The molecular formula is C23H19N3O5. The Morgan fingerprint density at radius 1 is 1.03 bits per heavy atom. The fraction of sp³-hybridized carbons (Fsp3) is 0.261. The van der Waals surface area contributed by atoms with Gasteiger partial charge in [-0.2, -0.15) is 0 Å². The molecule has 3 amide bonds. The van der Waals surface area contributed by atoms with E-state index in [1.807, 2.05) is 12.2 Å². The van der Waals surface area contributed by atoms with Crippen molar-refractivity contribution in [2.75, 3.05) is 10.2 Å². The van der Waals surface area contributed by atoms with Crippen molar-refractivity contribution in [1.82, 2.24) is 0 Å². The molecule has 156 valence electrons. The molecule has 1 saturated carbocycles. The number of allylic oxidation sites excluding steroid dienone is 2. The third kappa shape index (κ3) is 2.94. The fourth-order valence-corrected chi connectivity index (χ4v) is 4.97. The van der Waals surface area contributed by atoms with E-state index in [-0.39, 0.29) is 41.2 Å². The number of benzene rings is 2. The molecule has 2 aromatic rings. The minimum atomic E-state index is -0.523. The van der Waals surface area contributed by atoms with Gasteiger partial charge in [0, 0.05) is 17.7 Å². The molecule has 3 aliphatic rings. The Bertz CT molecular complexity index is 1140. The van der Waals surface area contributed by atoms with Crippen molar-refractivity contribution in [3.8, 4) is 0 Å². The van der Waals surface area contributed by atoms with Crippen molar-refractivity contribution in [3.63, 3.8) is 0 Å². The molecule has 0 unspecified atom stereocenters. The topological polar surface area (TPSA) is 110 Å². The molecule has 8 nitrogen and oxygen atoms in total. The van der Waals surface area contributed by atoms with Crippen LogP contribution in [0.1, 0.15) is 22.3 Å². The molecule has 2 fully saturated rings. The first-order valence-electron chi connectivity index (χ1n) is 10.1. The number of nitro groups is 1. The molecule has 0 aromatic heterocycles. The van der Waals surface area contributed by atoms with Gasteiger partial charge in [-0.25, -0.2) is 0 Å². The number of hydrogen-bond acceptors (Lipinski definition) is 5. The van der Waals surface area contributed by atoms with Crippen molar-refractivity contribution in [2.24, 2.45) is 23.7 Å². The smallest absolute Gasteiger partial charge is 0.271 e. The van der Waals surface area contributed by atoms with Crippen LogP contribution in [0.5, 0.6) is 0 Å². The standard InChI is InChI=1S/C23H19N3O5/c1-12-2-7-17(26(30)31)11-18(12)24-21(27)13-5-8-16(9-6-13)25-22(28)19-14-3-4-15(10-14)20(19)23(25)29/h2-9,11,14-15,19-20H,10H2,1H3,(H,24,27)/t14-,15-,19-,20-/m0/s1. The first-order valence-corrected chi connectivity index (χ1v) is 10.1. The monoisotopic (exact) mass is 417 g/mol. The summed E-state index contributed by atoms with van der Waals surface area (Å²) in [6, 6.07) is 10.5. The fourth-order valence-electron chi connectivity index (χ4n) is 4.97. The third-order valence-electron chi connectivity index (χ3n) is 6.54. The van der Waals surface area contributed by atoms with Crippen LogP contribution in [0.3, 0.4) is 0 Å². The first-order chi connectivity index (χ1) is 14.8. The average molecular weight is 417 g/mol. The largest absolute Gasteiger partial charge is 0.321 e. The average Bonchev–Trinajstić information content (AvgIpc) is 3.43. The van der Waals surface area contributed by atoms with E-state index in [9.17, 15) is 24.5 Å². The van der Waals surface area contributed by atoms with Crippen LogP contribution in [0.15, 0.2) is 54.6 Å². The molecule has 2 bridgehead atoms. The van der Waals surface area contributed by atoms with Gasteiger partial charge in [-0.1, -0.05) is 18.2 Å². The molecule has 2 aromatic carbocycles. The summed E-state index contributed by atoms with van der Waals surface area (Å²) in [5.74, 6) is -1.05. The van der Waals surface area contributed by atoms with Crippen LogP contribution in [0.4, 0.5) is 17.1 Å². The van der Waals surface area contributed by atoms with Crippen LogP contribution in [0.25, 0.3) is 0 Å². The predicted molar refractivity (Wildman–Crippen MR) is 112 cm³/mol. The van der Waals surface area contributed by atoms with Crippen molar-refractivity contribution in [2.45, 2.75) is 13.3 Å². The van der Waals surface area contributed by atoms with E-state index < -0.39 is 10.8 Å². The Balaban J connectivity index is 1.35. The normalized spacial score (nSPS) is 25.8. The van der Waals surface area contributed by atoms with E-state index in [0.717, 1.165) is 6.42 Å². The van der Waals surface area contributed by atoms with Gasteiger partial charge < -0.3 is 5.32 Å². The second kappa shape index (κ2) is 6.87. The van der Waals surface area contributed by atoms with Gasteiger partial charge in [0.2, 0.25) is 11.8 Å². The second-order valence-electron chi connectivity index (χ2n) is 8.27. The van der Waals surface area contributed by atoms with E-state index in [2.05, 4.69) is 5.32 Å². The summed E-state index contributed by atoms with van der Waals surface area (Å²) in [5, 5.41) is 13.7. The quantitative estimate of drug-likeness (QED) is 0.355. The Morgan fingerprint density at radius 2 is 1.65 bits per heavy atom. The Labute approximate surface area is 177 Å². The molecule has 5 rings (SSSR count). The Kier molecular flexibility index (Phi) is 4.25. The van der Waals surface area contributed by atoms with Crippen LogP contribution in [-0.2, 0) is 9.59 Å². The third-order valence-corrected chi connectivity index (χ3v) is 6.54.